The van der Waals surface area contributed by atoms with Gasteiger partial charge in [-0.3, -0.25) is 9.59 Å². The maximum atomic E-state index is 12.7. The molecule has 128 valence electrons. The Morgan fingerprint density at radius 3 is 2.62 bits per heavy atom. The molecule has 2 aliphatic rings. The lowest BCUT2D eigenvalue weighted by Gasteiger charge is -2.26. The Bertz CT molecular complexity index is 620. The van der Waals surface area contributed by atoms with E-state index in [2.05, 4.69) is 5.10 Å². The first kappa shape index (κ1) is 16.9. The van der Waals surface area contributed by atoms with Crippen LogP contribution in [-0.2, 0) is 4.79 Å². The number of benzene rings is 1. The van der Waals surface area contributed by atoms with Gasteiger partial charge in [-0.05, 0) is 25.7 Å². The second-order valence-electron chi connectivity index (χ2n) is 7.36. The Labute approximate surface area is 143 Å². The summed E-state index contributed by atoms with van der Waals surface area (Å²) in [6.45, 7) is 1.98. The van der Waals surface area contributed by atoms with E-state index in [1.54, 1.807) is 18.3 Å². The minimum atomic E-state index is -0.547. The van der Waals surface area contributed by atoms with Crippen LogP contribution in [0.1, 0.15) is 62.2 Å². The number of amides is 1. The van der Waals surface area contributed by atoms with Crippen molar-refractivity contribution in [1.29, 1.82) is 0 Å². The van der Waals surface area contributed by atoms with Crippen molar-refractivity contribution < 1.29 is 9.59 Å². The molecule has 4 nitrogen and oxygen atoms in total. The van der Waals surface area contributed by atoms with Gasteiger partial charge in [0.05, 0.1) is 5.41 Å². The molecule has 0 bridgehead atoms. The fourth-order valence-electron chi connectivity index (χ4n) is 3.71. The zero-order chi connectivity index (χ0) is 17.0. The molecule has 1 aliphatic carbocycles. The van der Waals surface area contributed by atoms with E-state index < -0.39 is 5.41 Å². The van der Waals surface area contributed by atoms with Crippen LogP contribution in [0.2, 0.25) is 0 Å². The van der Waals surface area contributed by atoms with Gasteiger partial charge in [0, 0.05) is 11.8 Å². The van der Waals surface area contributed by atoms with E-state index in [-0.39, 0.29) is 18.2 Å². The Kier molecular flexibility index (Phi) is 5.12. The van der Waals surface area contributed by atoms with Crippen molar-refractivity contribution in [2.45, 2.75) is 51.9 Å². The standard InChI is InChI=1S/C20H26N2O2/c1-20(13-12-16-8-4-2-5-9-16)15-21-22(19(20)24)14-18(23)17-10-6-3-7-11-17/h3,6-7,10-11,15-16H,2,4-5,8-9,12-14H2,1H3. The van der Waals surface area contributed by atoms with Crippen molar-refractivity contribution in [2.75, 3.05) is 6.54 Å². The fraction of sp³-hybridized carbons (Fsp3) is 0.550. The maximum absolute atomic E-state index is 12.7. The van der Waals surface area contributed by atoms with E-state index >= 15 is 0 Å². The molecule has 1 aromatic carbocycles. The van der Waals surface area contributed by atoms with E-state index in [1.165, 1.54) is 37.1 Å². The summed E-state index contributed by atoms with van der Waals surface area (Å²) in [5, 5.41) is 5.58. The van der Waals surface area contributed by atoms with Crippen LogP contribution in [0.3, 0.4) is 0 Å². The highest BCUT2D eigenvalue weighted by Crippen LogP contribution is 2.34. The summed E-state index contributed by atoms with van der Waals surface area (Å²) in [4.78, 5) is 25.0. The third-order valence-corrected chi connectivity index (χ3v) is 5.39. The Balaban J connectivity index is 1.56. The molecule has 4 heteroatoms. The summed E-state index contributed by atoms with van der Waals surface area (Å²) in [6.07, 6.45) is 10.2. The molecule has 0 saturated heterocycles. The van der Waals surface area contributed by atoms with Gasteiger partial charge in [-0.2, -0.15) is 5.10 Å². The predicted octanol–water partition coefficient (Wildman–Crippen LogP) is 4.06. The van der Waals surface area contributed by atoms with Gasteiger partial charge in [-0.25, -0.2) is 5.01 Å². The van der Waals surface area contributed by atoms with Crippen LogP contribution < -0.4 is 0 Å². The van der Waals surface area contributed by atoms with Gasteiger partial charge in [-0.1, -0.05) is 62.4 Å². The summed E-state index contributed by atoms with van der Waals surface area (Å²) < 4.78 is 0. The topological polar surface area (TPSA) is 49.7 Å². The Hall–Kier alpha value is -1.97. The quantitative estimate of drug-likeness (QED) is 0.740. The van der Waals surface area contributed by atoms with Crippen LogP contribution >= 0.6 is 0 Å². The molecule has 1 aliphatic heterocycles. The molecule has 0 aromatic heterocycles. The van der Waals surface area contributed by atoms with Gasteiger partial charge in [0.25, 0.3) is 5.91 Å². The van der Waals surface area contributed by atoms with Crippen LogP contribution in [0.4, 0.5) is 0 Å². The molecular weight excluding hydrogens is 300 g/mol. The number of rotatable bonds is 6. The molecule has 1 unspecified atom stereocenters. The fourth-order valence-corrected chi connectivity index (χ4v) is 3.71. The van der Waals surface area contributed by atoms with E-state index in [0.717, 1.165) is 18.8 Å². The van der Waals surface area contributed by atoms with Crippen LogP contribution in [0.15, 0.2) is 35.4 Å². The lowest BCUT2D eigenvalue weighted by molar-refractivity contribution is -0.135. The SMILES string of the molecule is CC1(CCC2CCCCC2)C=NN(CC(=O)c2ccccc2)C1=O. The summed E-state index contributed by atoms with van der Waals surface area (Å²) in [7, 11) is 0. The number of carbonyl (C=O) groups is 2. The summed E-state index contributed by atoms with van der Waals surface area (Å²) >= 11 is 0. The first-order chi connectivity index (χ1) is 11.6. The molecule has 0 N–H and O–H groups in total. The summed E-state index contributed by atoms with van der Waals surface area (Å²) in [5.74, 6) is 0.636. The van der Waals surface area contributed by atoms with Gasteiger partial charge in [-0.15, -0.1) is 0 Å². The minimum absolute atomic E-state index is 0.0262. The highest BCUT2D eigenvalue weighted by atomic mass is 16.2. The molecule has 0 spiro atoms. The molecule has 0 radical (unpaired) electrons. The normalized spacial score (nSPS) is 24.5. The van der Waals surface area contributed by atoms with Crippen molar-refractivity contribution in [3.63, 3.8) is 0 Å². The average Bonchev–Trinajstić information content (AvgIpc) is 2.90. The second kappa shape index (κ2) is 7.29. The third kappa shape index (κ3) is 3.74. The van der Waals surface area contributed by atoms with Crippen molar-refractivity contribution in [2.24, 2.45) is 16.4 Å². The monoisotopic (exact) mass is 326 g/mol. The molecule has 1 fully saturated rings. The lowest BCUT2D eigenvalue weighted by Crippen LogP contribution is -2.37. The smallest absolute Gasteiger partial charge is 0.254 e. The van der Waals surface area contributed by atoms with E-state index in [1.807, 2.05) is 25.1 Å². The molecular formula is C20H26N2O2. The molecule has 1 amide bonds. The van der Waals surface area contributed by atoms with Crippen molar-refractivity contribution in [3.8, 4) is 0 Å². The van der Waals surface area contributed by atoms with Crippen molar-refractivity contribution in [1.82, 2.24) is 5.01 Å². The van der Waals surface area contributed by atoms with Crippen molar-refractivity contribution >= 4 is 17.9 Å². The minimum Gasteiger partial charge on any atom is -0.292 e. The van der Waals surface area contributed by atoms with Crippen LogP contribution in [0.5, 0.6) is 0 Å². The predicted molar refractivity (Wildman–Crippen MR) is 94.9 cm³/mol. The Morgan fingerprint density at radius 2 is 1.92 bits per heavy atom. The Morgan fingerprint density at radius 1 is 1.21 bits per heavy atom. The van der Waals surface area contributed by atoms with E-state index in [9.17, 15) is 9.59 Å². The van der Waals surface area contributed by atoms with Gasteiger partial charge in [0.2, 0.25) is 0 Å². The highest BCUT2D eigenvalue weighted by Gasteiger charge is 2.41. The molecule has 1 heterocycles. The number of carbonyl (C=O) groups excluding carboxylic acids is 2. The van der Waals surface area contributed by atoms with Gasteiger partial charge in [0.1, 0.15) is 6.54 Å². The van der Waals surface area contributed by atoms with Crippen LogP contribution in [0.25, 0.3) is 0 Å². The lowest BCUT2D eigenvalue weighted by atomic mass is 9.79. The summed E-state index contributed by atoms with van der Waals surface area (Å²) in [5.41, 5.74) is 0.0744. The summed E-state index contributed by atoms with van der Waals surface area (Å²) in [6, 6.07) is 9.08. The van der Waals surface area contributed by atoms with Crippen LogP contribution in [0, 0.1) is 11.3 Å². The number of Topliss-reactive ketones (excluding diaryl/α,β-unsaturated/α-hetero) is 1. The average molecular weight is 326 g/mol. The molecule has 1 aromatic rings. The number of nitrogens with zero attached hydrogens (tertiary/aromatic N) is 2. The number of hydrazone groups is 1. The first-order valence-electron chi connectivity index (χ1n) is 9.04. The third-order valence-electron chi connectivity index (χ3n) is 5.39. The largest absolute Gasteiger partial charge is 0.292 e. The number of hydrogen-bond donors (Lipinski definition) is 0. The number of hydrogen-bond acceptors (Lipinski definition) is 3. The molecule has 3 rings (SSSR count). The first-order valence-corrected chi connectivity index (χ1v) is 9.04. The highest BCUT2D eigenvalue weighted by molar-refractivity contribution is 6.05. The van der Waals surface area contributed by atoms with E-state index in [4.69, 9.17) is 0 Å². The van der Waals surface area contributed by atoms with E-state index in [0.29, 0.717) is 5.56 Å². The molecule has 24 heavy (non-hydrogen) atoms. The number of ketones is 1. The van der Waals surface area contributed by atoms with Gasteiger partial charge >= 0.3 is 0 Å². The zero-order valence-electron chi connectivity index (χ0n) is 14.4. The molecule has 1 atom stereocenters. The van der Waals surface area contributed by atoms with Gasteiger partial charge < -0.3 is 0 Å². The maximum Gasteiger partial charge on any atom is 0.254 e. The second-order valence-corrected chi connectivity index (χ2v) is 7.36. The van der Waals surface area contributed by atoms with Gasteiger partial charge in [0.15, 0.2) is 5.78 Å². The van der Waals surface area contributed by atoms with Crippen LogP contribution in [-0.4, -0.2) is 29.5 Å². The zero-order valence-corrected chi connectivity index (χ0v) is 14.4. The molecule has 1 saturated carbocycles. The van der Waals surface area contributed by atoms with Crippen molar-refractivity contribution in [3.05, 3.63) is 35.9 Å².